The van der Waals surface area contributed by atoms with Crippen LogP contribution in [0.5, 0.6) is 11.5 Å². The number of halogens is 2. The first kappa shape index (κ1) is 14.5. The van der Waals surface area contributed by atoms with Gasteiger partial charge in [-0.05, 0) is 25.0 Å². The van der Waals surface area contributed by atoms with E-state index in [-0.39, 0.29) is 17.4 Å². The summed E-state index contributed by atoms with van der Waals surface area (Å²) in [6.45, 7) is -2.41. The topological polar surface area (TPSA) is 56.8 Å². The molecule has 7 heteroatoms. The molecular formula is C13H15F2NO4. The minimum Gasteiger partial charge on any atom is -0.493 e. The maximum atomic E-state index is 12.3. The molecule has 1 N–H and O–H groups in total. The van der Waals surface area contributed by atoms with Crippen LogP contribution in [0.15, 0.2) is 18.2 Å². The van der Waals surface area contributed by atoms with Gasteiger partial charge in [0.1, 0.15) is 6.10 Å². The van der Waals surface area contributed by atoms with Crippen LogP contribution in [-0.4, -0.2) is 32.3 Å². The number of hydrogen-bond donors (Lipinski definition) is 1. The fraction of sp³-hybridized carbons (Fsp3) is 0.462. The highest BCUT2D eigenvalue weighted by Gasteiger charge is 2.24. The summed E-state index contributed by atoms with van der Waals surface area (Å²) >= 11 is 0. The number of rotatable bonds is 5. The van der Waals surface area contributed by atoms with Gasteiger partial charge in [-0.25, -0.2) is 0 Å². The number of alkyl halides is 2. The third-order valence-electron chi connectivity index (χ3n) is 2.87. The third-order valence-corrected chi connectivity index (χ3v) is 2.87. The maximum absolute atomic E-state index is 12.3. The number of methoxy groups -OCH3 is 1. The molecule has 0 unspecified atom stereocenters. The molecule has 0 spiro atoms. The summed E-state index contributed by atoms with van der Waals surface area (Å²) in [5.41, 5.74) is 0.349. The quantitative estimate of drug-likeness (QED) is 0.903. The van der Waals surface area contributed by atoms with Crippen LogP contribution >= 0.6 is 0 Å². The van der Waals surface area contributed by atoms with E-state index in [2.05, 4.69) is 10.1 Å². The highest BCUT2D eigenvalue weighted by Crippen LogP contribution is 2.31. The van der Waals surface area contributed by atoms with Crippen LogP contribution < -0.4 is 14.8 Å². The van der Waals surface area contributed by atoms with Crippen molar-refractivity contribution in [3.63, 3.8) is 0 Å². The van der Waals surface area contributed by atoms with Gasteiger partial charge in [-0.1, -0.05) is 0 Å². The molecule has 0 aromatic heterocycles. The summed E-state index contributed by atoms with van der Waals surface area (Å²) in [5, 5.41) is 2.60. The second-order valence-electron chi connectivity index (χ2n) is 4.24. The molecule has 2 rings (SSSR count). The Morgan fingerprint density at radius 2 is 2.25 bits per heavy atom. The Hall–Kier alpha value is -1.89. The molecule has 1 saturated heterocycles. The van der Waals surface area contributed by atoms with Crippen LogP contribution in [0.3, 0.4) is 0 Å². The number of carbonyl (C=O) groups excluding carboxylic acids is 1. The van der Waals surface area contributed by atoms with E-state index in [0.29, 0.717) is 18.7 Å². The Kier molecular flexibility index (Phi) is 4.73. The van der Waals surface area contributed by atoms with E-state index in [1.807, 2.05) is 0 Å². The van der Waals surface area contributed by atoms with Crippen molar-refractivity contribution in [2.45, 2.75) is 25.6 Å². The zero-order valence-electron chi connectivity index (χ0n) is 10.9. The van der Waals surface area contributed by atoms with Crippen molar-refractivity contribution < 1.29 is 27.8 Å². The van der Waals surface area contributed by atoms with Crippen molar-refractivity contribution >= 4 is 11.6 Å². The Morgan fingerprint density at radius 1 is 1.45 bits per heavy atom. The molecule has 1 atom stereocenters. The van der Waals surface area contributed by atoms with Crippen molar-refractivity contribution in [2.75, 3.05) is 19.0 Å². The molecule has 20 heavy (non-hydrogen) atoms. The molecule has 1 heterocycles. The van der Waals surface area contributed by atoms with Gasteiger partial charge >= 0.3 is 6.61 Å². The lowest BCUT2D eigenvalue weighted by Gasteiger charge is -2.14. The van der Waals surface area contributed by atoms with Gasteiger partial charge in [-0.2, -0.15) is 8.78 Å². The number of carbonyl (C=O) groups is 1. The van der Waals surface area contributed by atoms with Crippen LogP contribution in [0.25, 0.3) is 0 Å². The van der Waals surface area contributed by atoms with E-state index in [9.17, 15) is 13.6 Å². The van der Waals surface area contributed by atoms with Crippen LogP contribution in [0.2, 0.25) is 0 Å². The van der Waals surface area contributed by atoms with E-state index in [4.69, 9.17) is 9.47 Å². The van der Waals surface area contributed by atoms with Crippen molar-refractivity contribution in [1.29, 1.82) is 0 Å². The minimum absolute atomic E-state index is 0.132. The van der Waals surface area contributed by atoms with Crippen molar-refractivity contribution in [2.24, 2.45) is 0 Å². The van der Waals surface area contributed by atoms with E-state index in [1.54, 1.807) is 6.07 Å². The molecule has 1 fully saturated rings. The molecule has 1 aromatic carbocycles. The Morgan fingerprint density at radius 3 is 2.85 bits per heavy atom. The summed E-state index contributed by atoms with van der Waals surface area (Å²) in [7, 11) is 1.35. The average Bonchev–Trinajstić information content (AvgIpc) is 2.92. The van der Waals surface area contributed by atoms with Gasteiger partial charge in [0.25, 0.3) is 5.91 Å². The largest absolute Gasteiger partial charge is 0.493 e. The molecular weight excluding hydrogens is 272 g/mol. The van der Waals surface area contributed by atoms with E-state index >= 15 is 0 Å². The predicted octanol–water partition coefficient (Wildman–Crippen LogP) is 2.41. The average molecular weight is 287 g/mol. The zero-order valence-corrected chi connectivity index (χ0v) is 10.9. The number of amides is 1. The van der Waals surface area contributed by atoms with Crippen molar-refractivity contribution in [1.82, 2.24) is 0 Å². The predicted molar refractivity (Wildman–Crippen MR) is 67.2 cm³/mol. The molecule has 5 nitrogen and oxygen atoms in total. The molecule has 1 aromatic rings. The molecule has 110 valence electrons. The van der Waals surface area contributed by atoms with Crippen LogP contribution in [0, 0.1) is 0 Å². The summed E-state index contributed by atoms with van der Waals surface area (Å²) in [6.07, 6.45) is 1.000. The van der Waals surface area contributed by atoms with E-state index < -0.39 is 12.7 Å². The SMILES string of the molecule is COc1ccc(NC(=O)[C@@H]2CCCO2)cc1OC(F)F. The molecule has 1 aliphatic rings. The Labute approximate surface area is 114 Å². The Balaban J connectivity index is 2.09. The first-order chi connectivity index (χ1) is 9.60. The highest BCUT2D eigenvalue weighted by molar-refractivity contribution is 5.94. The normalized spacial score (nSPS) is 18.1. The van der Waals surface area contributed by atoms with Gasteiger partial charge in [0.15, 0.2) is 11.5 Å². The number of nitrogens with one attached hydrogen (secondary N) is 1. The smallest absolute Gasteiger partial charge is 0.387 e. The van der Waals surface area contributed by atoms with Gasteiger partial charge in [-0.3, -0.25) is 4.79 Å². The van der Waals surface area contributed by atoms with Gasteiger partial charge < -0.3 is 19.5 Å². The van der Waals surface area contributed by atoms with E-state index in [1.165, 1.54) is 19.2 Å². The number of benzene rings is 1. The van der Waals surface area contributed by atoms with Gasteiger partial charge in [0.2, 0.25) is 0 Å². The standard InChI is InChI=1S/C13H15F2NO4/c1-18-9-5-4-8(7-11(9)20-13(14)15)16-12(17)10-3-2-6-19-10/h4-5,7,10,13H,2-3,6H2,1H3,(H,16,17)/t10-/m0/s1. The lowest BCUT2D eigenvalue weighted by Crippen LogP contribution is -2.26. The van der Waals surface area contributed by atoms with Crippen LogP contribution in [0.1, 0.15) is 12.8 Å². The fourth-order valence-electron chi connectivity index (χ4n) is 1.95. The zero-order chi connectivity index (χ0) is 14.5. The molecule has 0 saturated carbocycles. The molecule has 0 bridgehead atoms. The Bertz CT molecular complexity index is 475. The van der Waals surface area contributed by atoms with Gasteiger partial charge in [0.05, 0.1) is 7.11 Å². The van der Waals surface area contributed by atoms with Crippen LogP contribution in [-0.2, 0) is 9.53 Å². The number of ether oxygens (including phenoxy) is 3. The summed E-state index contributed by atoms with van der Waals surface area (Å²) in [4.78, 5) is 11.8. The maximum Gasteiger partial charge on any atom is 0.387 e. The second kappa shape index (κ2) is 6.51. The summed E-state index contributed by atoms with van der Waals surface area (Å²) in [6, 6.07) is 4.28. The molecule has 1 aliphatic heterocycles. The molecule has 0 aliphatic carbocycles. The summed E-state index contributed by atoms with van der Waals surface area (Å²) < 4.78 is 39.1. The molecule has 1 amide bonds. The first-order valence-electron chi connectivity index (χ1n) is 6.15. The fourth-order valence-corrected chi connectivity index (χ4v) is 1.95. The monoisotopic (exact) mass is 287 g/mol. The lowest BCUT2D eigenvalue weighted by atomic mass is 10.2. The first-order valence-corrected chi connectivity index (χ1v) is 6.15. The van der Waals surface area contributed by atoms with Gasteiger partial charge in [-0.15, -0.1) is 0 Å². The summed E-state index contributed by atoms with van der Waals surface area (Å²) in [5.74, 6) is -0.260. The lowest BCUT2D eigenvalue weighted by molar-refractivity contribution is -0.124. The number of hydrogen-bond acceptors (Lipinski definition) is 4. The van der Waals surface area contributed by atoms with Crippen molar-refractivity contribution in [3.8, 4) is 11.5 Å². The molecule has 0 radical (unpaired) electrons. The van der Waals surface area contributed by atoms with Crippen molar-refractivity contribution in [3.05, 3.63) is 18.2 Å². The minimum atomic E-state index is -2.96. The highest BCUT2D eigenvalue weighted by atomic mass is 19.3. The van der Waals surface area contributed by atoms with E-state index in [0.717, 1.165) is 6.42 Å². The third kappa shape index (κ3) is 3.57. The van der Waals surface area contributed by atoms with Crippen LogP contribution in [0.4, 0.5) is 14.5 Å². The van der Waals surface area contributed by atoms with Gasteiger partial charge in [0, 0.05) is 18.4 Å². The number of anilines is 1. The second-order valence-corrected chi connectivity index (χ2v) is 4.24.